The first-order valence-corrected chi connectivity index (χ1v) is 3.38. The van der Waals surface area contributed by atoms with Gasteiger partial charge in [-0.2, -0.15) is 0 Å². The van der Waals surface area contributed by atoms with Gasteiger partial charge in [0.25, 0.3) is 0 Å². The monoisotopic (exact) mass is 145 g/mol. The van der Waals surface area contributed by atoms with Crippen molar-refractivity contribution in [2.24, 2.45) is 5.92 Å². The van der Waals surface area contributed by atoms with Crippen molar-refractivity contribution < 1.29 is 9.66 Å². The third-order valence-electron chi connectivity index (χ3n) is 1.67. The van der Waals surface area contributed by atoms with Gasteiger partial charge in [0.15, 0.2) is 0 Å². The van der Waals surface area contributed by atoms with Crippen LogP contribution in [-0.4, -0.2) is 23.7 Å². The molecule has 2 atom stereocenters. The number of hydrogen-bond acceptors (Lipinski definition) is 3. The van der Waals surface area contributed by atoms with Crippen LogP contribution in [0.2, 0.25) is 0 Å². The fourth-order valence-corrected chi connectivity index (χ4v) is 1.06. The summed E-state index contributed by atoms with van der Waals surface area (Å²) in [6, 6.07) is -0.500. The van der Waals surface area contributed by atoms with Gasteiger partial charge in [-0.1, -0.05) is 13.8 Å². The molecule has 0 saturated carbocycles. The molecular weight excluding hydrogens is 134 g/mol. The highest BCUT2D eigenvalue weighted by Crippen LogP contribution is 2.22. The first kappa shape index (κ1) is 7.47. The van der Waals surface area contributed by atoms with Crippen molar-refractivity contribution in [1.29, 1.82) is 0 Å². The van der Waals surface area contributed by atoms with Gasteiger partial charge in [-0.3, -0.25) is 10.1 Å². The largest absolute Gasteiger partial charge is 0.366 e. The summed E-state index contributed by atoms with van der Waals surface area (Å²) in [5, 5.41) is 10.3. The molecule has 0 radical (unpaired) electrons. The third kappa shape index (κ3) is 1.44. The minimum atomic E-state index is -0.500. The number of rotatable bonds is 3. The quantitative estimate of drug-likeness (QED) is 0.333. The van der Waals surface area contributed by atoms with Crippen molar-refractivity contribution in [3.63, 3.8) is 0 Å². The predicted molar refractivity (Wildman–Crippen MR) is 35.4 cm³/mol. The maximum Gasteiger partial charge on any atom is 0.243 e. The summed E-state index contributed by atoms with van der Waals surface area (Å²) in [4.78, 5) is 10.1. The van der Waals surface area contributed by atoms with E-state index < -0.39 is 6.04 Å². The van der Waals surface area contributed by atoms with Crippen LogP contribution >= 0.6 is 0 Å². The summed E-state index contributed by atoms with van der Waals surface area (Å²) in [5.74, 6) is 0.0718. The molecule has 0 aromatic rings. The average molecular weight is 145 g/mol. The fraction of sp³-hybridized carbons (Fsp3) is 1.00. The van der Waals surface area contributed by atoms with Gasteiger partial charge in [0.1, 0.15) is 6.10 Å². The standard InChI is InChI=1S/C6H11NO3/c1-4(2)6(7(8)9)5-3-10-5/h4-6H,3H2,1-2H3. The summed E-state index contributed by atoms with van der Waals surface area (Å²) >= 11 is 0. The van der Waals surface area contributed by atoms with Gasteiger partial charge in [0.2, 0.25) is 6.04 Å². The Labute approximate surface area is 59.3 Å². The van der Waals surface area contributed by atoms with Gasteiger partial charge in [0.05, 0.1) is 6.61 Å². The molecular formula is C6H11NO3. The molecule has 0 aliphatic carbocycles. The van der Waals surface area contributed by atoms with Crippen LogP contribution in [0.3, 0.4) is 0 Å². The molecule has 1 fully saturated rings. The van der Waals surface area contributed by atoms with Crippen LogP contribution < -0.4 is 0 Å². The Hall–Kier alpha value is -0.640. The molecule has 1 saturated heterocycles. The normalized spacial score (nSPS) is 26.5. The Bertz CT molecular complexity index is 140. The first-order valence-electron chi connectivity index (χ1n) is 3.38. The van der Waals surface area contributed by atoms with Gasteiger partial charge in [-0.05, 0) is 0 Å². The van der Waals surface area contributed by atoms with Crippen molar-refractivity contribution in [3.8, 4) is 0 Å². The van der Waals surface area contributed by atoms with Crippen LogP contribution in [0.25, 0.3) is 0 Å². The molecule has 2 unspecified atom stereocenters. The van der Waals surface area contributed by atoms with E-state index in [1.54, 1.807) is 0 Å². The lowest BCUT2D eigenvalue weighted by atomic mass is 10.0. The highest BCUT2D eigenvalue weighted by Gasteiger charge is 2.43. The van der Waals surface area contributed by atoms with Crippen LogP contribution in [0, 0.1) is 16.0 Å². The number of nitrogens with zero attached hydrogens (tertiary/aromatic N) is 1. The van der Waals surface area contributed by atoms with E-state index in [0.29, 0.717) is 6.61 Å². The summed E-state index contributed by atoms with van der Waals surface area (Å²) in [6.07, 6.45) is -0.116. The molecule has 58 valence electrons. The zero-order valence-corrected chi connectivity index (χ0v) is 6.11. The lowest BCUT2D eigenvalue weighted by Crippen LogP contribution is -2.31. The average Bonchev–Trinajstić information content (AvgIpc) is 2.46. The lowest BCUT2D eigenvalue weighted by molar-refractivity contribution is -0.533. The summed E-state index contributed by atoms with van der Waals surface area (Å²) < 4.78 is 4.85. The molecule has 4 heteroatoms. The summed E-state index contributed by atoms with van der Waals surface area (Å²) in [5.41, 5.74) is 0. The van der Waals surface area contributed by atoms with Gasteiger partial charge in [-0.15, -0.1) is 0 Å². The van der Waals surface area contributed by atoms with E-state index in [0.717, 1.165) is 0 Å². The number of hydrogen-bond donors (Lipinski definition) is 0. The molecule has 1 aliphatic rings. The molecule has 0 spiro atoms. The zero-order chi connectivity index (χ0) is 7.72. The number of epoxide rings is 1. The van der Waals surface area contributed by atoms with Crippen LogP contribution in [0.15, 0.2) is 0 Å². The van der Waals surface area contributed by atoms with E-state index in [-0.39, 0.29) is 16.9 Å². The van der Waals surface area contributed by atoms with E-state index >= 15 is 0 Å². The van der Waals surface area contributed by atoms with Crippen LogP contribution in [0.5, 0.6) is 0 Å². The topological polar surface area (TPSA) is 55.7 Å². The van der Waals surface area contributed by atoms with Gasteiger partial charge in [-0.25, -0.2) is 0 Å². The number of ether oxygens (including phenoxy) is 1. The van der Waals surface area contributed by atoms with Crippen LogP contribution in [0.1, 0.15) is 13.8 Å². The lowest BCUT2D eigenvalue weighted by Gasteiger charge is -2.08. The fourth-order valence-electron chi connectivity index (χ4n) is 1.06. The minimum Gasteiger partial charge on any atom is -0.366 e. The smallest absolute Gasteiger partial charge is 0.243 e. The maximum absolute atomic E-state index is 10.3. The highest BCUT2D eigenvalue weighted by molar-refractivity contribution is 4.81. The molecule has 4 nitrogen and oxygen atoms in total. The SMILES string of the molecule is CC(C)C(C1CO1)[N+](=O)[O-]. The van der Waals surface area contributed by atoms with E-state index in [4.69, 9.17) is 4.74 Å². The van der Waals surface area contributed by atoms with Gasteiger partial charge < -0.3 is 4.74 Å². The van der Waals surface area contributed by atoms with Crippen molar-refractivity contribution in [1.82, 2.24) is 0 Å². The molecule has 0 amide bonds. The molecule has 0 aromatic heterocycles. The number of nitro groups is 1. The molecule has 0 aromatic carbocycles. The van der Waals surface area contributed by atoms with E-state index in [9.17, 15) is 10.1 Å². The minimum absolute atomic E-state index is 0.0718. The van der Waals surface area contributed by atoms with Crippen LogP contribution in [-0.2, 0) is 4.74 Å². The molecule has 0 N–H and O–H groups in total. The highest BCUT2D eigenvalue weighted by atomic mass is 16.6. The third-order valence-corrected chi connectivity index (χ3v) is 1.67. The van der Waals surface area contributed by atoms with Crippen LogP contribution in [0.4, 0.5) is 0 Å². The van der Waals surface area contributed by atoms with E-state index in [2.05, 4.69) is 0 Å². The molecule has 1 aliphatic heterocycles. The summed E-state index contributed by atoms with van der Waals surface area (Å²) in [6.45, 7) is 4.24. The molecule has 1 heterocycles. The second kappa shape index (κ2) is 2.54. The van der Waals surface area contributed by atoms with E-state index in [1.165, 1.54) is 0 Å². The first-order chi connectivity index (χ1) is 4.63. The Kier molecular flexibility index (Phi) is 1.89. The van der Waals surface area contributed by atoms with Crippen molar-refractivity contribution >= 4 is 0 Å². The molecule has 0 bridgehead atoms. The summed E-state index contributed by atoms with van der Waals surface area (Å²) in [7, 11) is 0. The molecule has 10 heavy (non-hydrogen) atoms. The van der Waals surface area contributed by atoms with Gasteiger partial charge >= 0.3 is 0 Å². The second-order valence-corrected chi connectivity index (χ2v) is 2.89. The van der Waals surface area contributed by atoms with Crippen molar-refractivity contribution in [2.45, 2.75) is 26.0 Å². The van der Waals surface area contributed by atoms with Crippen molar-refractivity contribution in [3.05, 3.63) is 10.1 Å². The second-order valence-electron chi connectivity index (χ2n) is 2.89. The Morgan fingerprint density at radius 3 is 2.30 bits per heavy atom. The van der Waals surface area contributed by atoms with Gasteiger partial charge in [0, 0.05) is 10.8 Å². The Morgan fingerprint density at radius 2 is 2.20 bits per heavy atom. The molecule has 1 rings (SSSR count). The maximum atomic E-state index is 10.3. The Morgan fingerprint density at radius 1 is 1.70 bits per heavy atom. The van der Waals surface area contributed by atoms with Crippen molar-refractivity contribution in [2.75, 3.05) is 6.61 Å². The zero-order valence-electron chi connectivity index (χ0n) is 6.11. The predicted octanol–water partition coefficient (Wildman–Crippen LogP) is 0.686. The van der Waals surface area contributed by atoms with E-state index in [1.807, 2.05) is 13.8 Å². The Balaban J connectivity index is 2.49.